The van der Waals surface area contributed by atoms with E-state index in [-0.39, 0.29) is 25.1 Å². The van der Waals surface area contributed by atoms with Gasteiger partial charge in [-0.3, -0.25) is 9.69 Å². The molecule has 0 fully saturated rings. The van der Waals surface area contributed by atoms with E-state index in [1.165, 1.54) is 0 Å². The Morgan fingerprint density at radius 3 is 2.50 bits per heavy atom. The number of anilines is 1. The van der Waals surface area contributed by atoms with Gasteiger partial charge in [-0.05, 0) is 52.8 Å². The summed E-state index contributed by atoms with van der Waals surface area (Å²) in [6.07, 6.45) is 0. The maximum absolute atomic E-state index is 12.3. The van der Waals surface area contributed by atoms with E-state index in [0.717, 1.165) is 21.5 Å². The highest BCUT2D eigenvalue weighted by atomic mass is 79.9. The fourth-order valence-electron chi connectivity index (χ4n) is 2.41. The molecule has 2 aromatic carbocycles. The molecule has 0 heterocycles. The van der Waals surface area contributed by atoms with E-state index in [1.807, 2.05) is 60.5 Å². The molecule has 0 aliphatic carbocycles. The van der Waals surface area contributed by atoms with Crippen molar-refractivity contribution >= 4 is 27.5 Å². The number of para-hydroxylation sites is 1. The number of ether oxygens (including phenoxy) is 1. The van der Waals surface area contributed by atoms with Crippen molar-refractivity contribution in [3.63, 3.8) is 0 Å². The molecular weight excluding hydrogens is 372 g/mol. The Morgan fingerprint density at radius 2 is 1.92 bits per heavy atom. The largest absolute Gasteiger partial charge is 0.497 e. The minimum Gasteiger partial charge on any atom is -0.497 e. The molecule has 5 nitrogen and oxygen atoms in total. The second-order valence-corrected chi connectivity index (χ2v) is 6.27. The first-order valence-corrected chi connectivity index (χ1v) is 8.34. The number of carbonyl (C=O) groups is 1. The van der Waals surface area contributed by atoms with Crippen molar-refractivity contribution in [1.29, 1.82) is 0 Å². The van der Waals surface area contributed by atoms with Crippen molar-refractivity contribution in [2.45, 2.75) is 6.04 Å². The average molecular weight is 393 g/mol. The Hall–Kier alpha value is -1.89. The Kier molecular flexibility index (Phi) is 6.78. The van der Waals surface area contributed by atoms with Crippen molar-refractivity contribution in [1.82, 2.24) is 4.90 Å². The summed E-state index contributed by atoms with van der Waals surface area (Å²) in [5, 5.41) is 12.6. The van der Waals surface area contributed by atoms with Crippen LogP contribution in [0.25, 0.3) is 0 Å². The Morgan fingerprint density at radius 1 is 1.25 bits per heavy atom. The predicted molar refractivity (Wildman–Crippen MR) is 98.2 cm³/mol. The van der Waals surface area contributed by atoms with Crippen molar-refractivity contribution in [3.05, 3.63) is 58.6 Å². The third kappa shape index (κ3) is 4.80. The number of benzene rings is 2. The predicted octanol–water partition coefficient (Wildman–Crippen LogP) is 3.06. The summed E-state index contributed by atoms with van der Waals surface area (Å²) in [6, 6.07) is 14.6. The van der Waals surface area contributed by atoms with Gasteiger partial charge in [-0.1, -0.05) is 24.3 Å². The summed E-state index contributed by atoms with van der Waals surface area (Å²) in [6.45, 7) is 0.0870. The van der Waals surface area contributed by atoms with E-state index in [2.05, 4.69) is 21.2 Å². The lowest BCUT2D eigenvalue weighted by atomic mass is 10.1. The molecule has 0 aliphatic rings. The summed E-state index contributed by atoms with van der Waals surface area (Å²) in [7, 11) is 3.42. The number of nitrogens with zero attached hydrogens (tertiary/aromatic N) is 1. The minimum atomic E-state index is -0.263. The number of aliphatic hydroxyl groups is 1. The lowest BCUT2D eigenvalue weighted by Crippen LogP contribution is -2.35. The molecular formula is C18H21BrN2O3. The number of carbonyl (C=O) groups excluding carboxylic acids is 1. The van der Waals surface area contributed by atoms with Crippen molar-refractivity contribution < 1.29 is 14.6 Å². The van der Waals surface area contributed by atoms with E-state index in [9.17, 15) is 9.90 Å². The van der Waals surface area contributed by atoms with E-state index in [0.29, 0.717) is 0 Å². The zero-order valence-corrected chi connectivity index (χ0v) is 15.3. The molecule has 1 amide bonds. The molecule has 1 atom stereocenters. The van der Waals surface area contributed by atoms with Gasteiger partial charge in [0.25, 0.3) is 0 Å². The number of nitrogens with one attached hydrogen (secondary N) is 1. The van der Waals surface area contributed by atoms with Gasteiger partial charge in [-0.25, -0.2) is 0 Å². The van der Waals surface area contributed by atoms with Crippen LogP contribution in [0.3, 0.4) is 0 Å². The first kappa shape index (κ1) is 18.4. The molecule has 0 saturated carbocycles. The number of amides is 1. The lowest BCUT2D eigenvalue weighted by Gasteiger charge is -2.26. The topological polar surface area (TPSA) is 61.8 Å². The molecule has 0 radical (unpaired) electrons. The molecule has 128 valence electrons. The number of hydrogen-bond donors (Lipinski definition) is 2. The summed E-state index contributed by atoms with van der Waals surface area (Å²) < 4.78 is 5.97. The standard InChI is InChI=1S/C18H21BrN2O3/c1-21(11-18(23)20-16-6-4-3-5-15(16)19)17(12-22)13-7-9-14(24-2)10-8-13/h3-10,17,22H,11-12H2,1-2H3,(H,20,23). The van der Waals surface area contributed by atoms with Crippen LogP contribution in [-0.2, 0) is 4.79 Å². The fourth-order valence-corrected chi connectivity index (χ4v) is 2.80. The molecule has 0 bridgehead atoms. The highest BCUT2D eigenvalue weighted by Gasteiger charge is 2.19. The van der Waals surface area contributed by atoms with Crippen LogP contribution < -0.4 is 10.1 Å². The number of hydrogen-bond acceptors (Lipinski definition) is 4. The zero-order valence-electron chi connectivity index (χ0n) is 13.7. The summed E-state index contributed by atoms with van der Waals surface area (Å²) >= 11 is 3.40. The van der Waals surface area contributed by atoms with Crippen LogP contribution in [0.1, 0.15) is 11.6 Å². The van der Waals surface area contributed by atoms with Crippen molar-refractivity contribution in [2.75, 3.05) is 32.6 Å². The average Bonchev–Trinajstić information content (AvgIpc) is 2.58. The first-order chi connectivity index (χ1) is 11.5. The van der Waals surface area contributed by atoms with Crippen LogP contribution in [0.4, 0.5) is 5.69 Å². The van der Waals surface area contributed by atoms with Gasteiger partial charge in [0.2, 0.25) is 5.91 Å². The van der Waals surface area contributed by atoms with Gasteiger partial charge in [-0.15, -0.1) is 0 Å². The number of aliphatic hydroxyl groups excluding tert-OH is 1. The van der Waals surface area contributed by atoms with Crippen molar-refractivity contribution in [2.24, 2.45) is 0 Å². The number of likely N-dealkylation sites (N-methyl/N-ethyl adjacent to an activating group) is 1. The normalized spacial score (nSPS) is 12.0. The monoisotopic (exact) mass is 392 g/mol. The van der Waals surface area contributed by atoms with Gasteiger partial charge >= 0.3 is 0 Å². The van der Waals surface area contributed by atoms with Crippen LogP contribution in [0.15, 0.2) is 53.0 Å². The van der Waals surface area contributed by atoms with Crippen LogP contribution in [0, 0.1) is 0 Å². The molecule has 0 aromatic heterocycles. The molecule has 2 N–H and O–H groups in total. The number of rotatable bonds is 7. The molecule has 0 spiro atoms. The van der Waals surface area contributed by atoms with E-state index in [1.54, 1.807) is 7.11 Å². The molecule has 0 aliphatic heterocycles. The maximum Gasteiger partial charge on any atom is 0.238 e. The SMILES string of the molecule is COc1ccc(C(CO)N(C)CC(=O)Nc2ccccc2Br)cc1. The Balaban J connectivity index is 2.01. The Bertz CT molecular complexity index is 676. The zero-order chi connectivity index (χ0) is 17.5. The van der Waals surface area contributed by atoms with Crippen LogP contribution >= 0.6 is 15.9 Å². The highest BCUT2D eigenvalue weighted by Crippen LogP contribution is 2.23. The van der Waals surface area contributed by atoms with E-state index >= 15 is 0 Å². The lowest BCUT2D eigenvalue weighted by molar-refractivity contribution is -0.117. The minimum absolute atomic E-state index is 0.0782. The highest BCUT2D eigenvalue weighted by molar-refractivity contribution is 9.10. The molecule has 24 heavy (non-hydrogen) atoms. The summed E-state index contributed by atoms with van der Waals surface area (Å²) in [4.78, 5) is 14.1. The van der Waals surface area contributed by atoms with Crippen molar-refractivity contribution in [3.8, 4) is 5.75 Å². The van der Waals surface area contributed by atoms with Crippen LogP contribution in [0.2, 0.25) is 0 Å². The van der Waals surface area contributed by atoms with Gasteiger partial charge < -0.3 is 15.2 Å². The third-order valence-electron chi connectivity index (χ3n) is 3.75. The third-order valence-corrected chi connectivity index (χ3v) is 4.44. The van der Waals surface area contributed by atoms with E-state index in [4.69, 9.17) is 4.74 Å². The number of halogens is 1. The smallest absolute Gasteiger partial charge is 0.238 e. The molecule has 0 saturated heterocycles. The molecule has 2 aromatic rings. The van der Waals surface area contributed by atoms with Gasteiger partial charge in [0.1, 0.15) is 5.75 Å². The first-order valence-electron chi connectivity index (χ1n) is 7.54. The Labute approximate surface area is 150 Å². The quantitative estimate of drug-likeness (QED) is 0.759. The summed E-state index contributed by atoms with van der Waals surface area (Å²) in [5.74, 6) is 0.612. The van der Waals surface area contributed by atoms with E-state index < -0.39 is 0 Å². The second kappa shape index (κ2) is 8.82. The second-order valence-electron chi connectivity index (χ2n) is 5.41. The molecule has 6 heteroatoms. The van der Waals surface area contributed by atoms with Gasteiger partial charge in [-0.2, -0.15) is 0 Å². The van der Waals surface area contributed by atoms with Gasteiger partial charge in [0.15, 0.2) is 0 Å². The van der Waals surface area contributed by atoms with Crippen LogP contribution in [-0.4, -0.2) is 43.2 Å². The van der Waals surface area contributed by atoms with Gasteiger partial charge in [0.05, 0.1) is 32.0 Å². The van der Waals surface area contributed by atoms with Gasteiger partial charge in [0, 0.05) is 4.47 Å². The fraction of sp³-hybridized carbons (Fsp3) is 0.278. The molecule has 1 unspecified atom stereocenters. The molecule has 2 rings (SSSR count). The summed E-state index contributed by atoms with van der Waals surface area (Å²) in [5.41, 5.74) is 1.65. The maximum atomic E-state index is 12.3. The van der Waals surface area contributed by atoms with Crippen LogP contribution in [0.5, 0.6) is 5.75 Å². The number of methoxy groups -OCH3 is 1.